The van der Waals surface area contributed by atoms with E-state index in [1.54, 1.807) is 25.1 Å². The normalized spacial score (nSPS) is 10.4. The van der Waals surface area contributed by atoms with Crippen LogP contribution in [0.15, 0.2) is 78.9 Å². The first kappa shape index (κ1) is 27.9. The molecule has 38 heavy (non-hydrogen) atoms. The van der Waals surface area contributed by atoms with Crippen molar-refractivity contribution in [3.05, 3.63) is 94.6 Å². The molecule has 198 valence electrons. The van der Waals surface area contributed by atoms with E-state index in [9.17, 15) is 19.7 Å². The van der Waals surface area contributed by atoms with Gasteiger partial charge in [-0.3, -0.25) is 10.1 Å². The van der Waals surface area contributed by atoms with Gasteiger partial charge in [-0.2, -0.15) is 0 Å². The maximum atomic E-state index is 12.6. The first-order valence-electron chi connectivity index (χ1n) is 12.1. The molecule has 0 N–H and O–H groups in total. The van der Waals surface area contributed by atoms with Crippen molar-refractivity contribution in [2.24, 2.45) is 0 Å². The number of rotatable bonds is 13. The van der Waals surface area contributed by atoms with Crippen LogP contribution in [0, 0.1) is 10.1 Å². The minimum absolute atomic E-state index is 0.0476. The van der Waals surface area contributed by atoms with Crippen LogP contribution in [0.2, 0.25) is 0 Å². The minimum atomic E-state index is -0.753. The molecular formula is C29H29NO8. The van der Waals surface area contributed by atoms with Crippen LogP contribution in [0.3, 0.4) is 0 Å². The molecule has 0 atom stereocenters. The molecule has 9 heteroatoms. The van der Waals surface area contributed by atoms with Gasteiger partial charge >= 0.3 is 17.6 Å². The van der Waals surface area contributed by atoms with Crippen molar-refractivity contribution in [3.63, 3.8) is 0 Å². The number of hydrogen-bond acceptors (Lipinski definition) is 8. The molecule has 0 saturated carbocycles. The summed E-state index contributed by atoms with van der Waals surface area (Å²) in [6, 6.07) is 17.7. The molecule has 0 aliphatic rings. The largest absolute Gasteiger partial charge is 0.494 e. The summed E-state index contributed by atoms with van der Waals surface area (Å²) in [5.74, 6) is -0.242. The van der Waals surface area contributed by atoms with Crippen LogP contribution in [-0.4, -0.2) is 36.7 Å². The van der Waals surface area contributed by atoms with E-state index in [4.69, 9.17) is 18.9 Å². The average Bonchev–Trinajstić information content (AvgIpc) is 2.92. The Labute approximate surface area is 220 Å². The van der Waals surface area contributed by atoms with Crippen LogP contribution in [0.25, 0.3) is 11.1 Å². The van der Waals surface area contributed by atoms with Crippen molar-refractivity contribution in [3.8, 4) is 28.4 Å². The van der Waals surface area contributed by atoms with Gasteiger partial charge in [0.15, 0.2) is 0 Å². The maximum Gasteiger partial charge on any atom is 0.343 e. The first-order valence-corrected chi connectivity index (χ1v) is 12.1. The molecule has 0 bridgehead atoms. The topological polar surface area (TPSA) is 114 Å². The zero-order chi connectivity index (χ0) is 27.5. The van der Waals surface area contributed by atoms with E-state index in [1.165, 1.54) is 24.3 Å². The van der Waals surface area contributed by atoms with Crippen molar-refractivity contribution >= 4 is 17.6 Å². The van der Waals surface area contributed by atoms with Gasteiger partial charge in [-0.25, -0.2) is 9.59 Å². The van der Waals surface area contributed by atoms with Crippen LogP contribution >= 0.6 is 0 Å². The number of unbranched alkanes of at least 4 members (excludes halogenated alkanes) is 1. The third kappa shape index (κ3) is 7.92. The highest BCUT2D eigenvalue weighted by atomic mass is 16.6. The Bertz CT molecular complexity index is 1280. The minimum Gasteiger partial charge on any atom is -0.494 e. The molecule has 0 fully saturated rings. The first-order chi connectivity index (χ1) is 18.3. The number of hydrogen-bond donors (Lipinski definition) is 0. The number of carbonyl (C=O) groups is 2. The number of benzene rings is 3. The fraction of sp³-hybridized carbons (Fsp3) is 0.241. The van der Waals surface area contributed by atoms with Crippen molar-refractivity contribution in [2.45, 2.75) is 26.7 Å². The summed E-state index contributed by atoms with van der Waals surface area (Å²) in [4.78, 5) is 35.1. The van der Waals surface area contributed by atoms with Crippen LogP contribution in [-0.2, 0) is 9.53 Å². The summed E-state index contributed by atoms with van der Waals surface area (Å²) in [7, 11) is 0. The van der Waals surface area contributed by atoms with Gasteiger partial charge < -0.3 is 18.9 Å². The summed E-state index contributed by atoms with van der Waals surface area (Å²) in [5.41, 5.74) is 1.52. The van der Waals surface area contributed by atoms with Gasteiger partial charge in [0, 0.05) is 11.6 Å². The number of esters is 2. The quantitative estimate of drug-likeness (QED) is 0.0659. The fourth-order valence-electron chi connectivity index (χ4n) is 3.27. The summed E-state index contributed by atoms with van der Waals surface area (Å²) < 4.78 is 21.4. The Morgan fingerprint density at radius 1 is 0.868 bits per heavy atom. The number of nitro benzene ring substituents is 1. The van der Waals surface area contributed by atoms with Crippen molar-refractivity contribution in [1.82, 2.24) is 0 Å². The summed E-state index contributed by atoms with van der Waals surface area (Å²) >= 11 is 0. The lowest BCUT2D eigenvalue weighted by atomic mass is 10.0. The zero-order valence-electron chi connectivity index (χ0n) is 21.3. The number of nitro groups is 1. The molecule has 0 spiro atoms. The van der Waals surface area contributed by atoms with E-state index >= 15 is 0 Å². The predicted molar refractivity (Wildman–Crippen MR) is 142 cm³/mol. The SMILES string of the molecule is C=C(C)C(=O)OCCOc1ccc(C(=O)Oc2ccc(-c3ccc(OCCCC)cc3)cc2[N+](=O)[O-])cc1. The lowest BCUT2D eigenvalue weighted by molar-refractivity contribution is -0.385. The van der Waals surface area contributed by atoms with E-state index in [1.807, 2.05) is 24.3 Å². The van der Waals surface area contributed by atoms with Crippen molar-refractivity contribution < 1.29 is 33.5 Å². The second kappa shape index (κ2) is 13.6. The Morgan fingerprint density at radius 3 is 2.08 bits per heavy atom. The van der Waals surface area contributed by atoms with E-state index in [0.717, 1.165) is 24.2 Å². The Balaban J connectivity index is 1.63. The van der Waals surface area contributed by atoms with Crippen LogP contribution in [0.4, 0.5) is 5.69 Å². The molecule has 3 rings (SSSR count). The van der Waals surface area contributed by atoms with Crippen LogP contribution in [0.1, 0.15) is 37.0 Å². The van der Waals surface area contributed by atoms with Gasteiger partial charge in [0.1, 0.15) is 24.7 Å². The van der Waals surface area contributed by atoms with Gasteiger partial charge in [0.25, 0.3) is 0 Å². The number of nitrogens with zero attached hydrogens (tertiary/aromatic N) is 1. The summed E-state index contributed by atoms with van der Waals surface area (Å²) in [5, 5.41) is 11.7. The molecule has 0 aliphatic carbocycles. The van der Waals surface area contributed by atoms with Gasteiger partial charge in [-0.15, -0.1) is 0 Å². The highest BCUT2D eigenvalue weighted by Gasteiger charge is 2.20. The second-order valence-corrected chi connectivity index (χ2v) is 8.34. The number of ether oxygens (including phenoxy) is 4. The Kier molecular flexibility index (Phi) is 9.99. The van der Waals surface area contributed by atoms with Crippen LogP contribution in [0.5, 0.6) is 17.2 Å². The van der Waals surface area contributed by atoms with Gasteiger partial charge in [0.2, 0.25) is 5.75 Å². The smallest absolute Gasteiger partial charge is 0.343 e. The lowest BCUT2D eigenvalue weighted by Crippen LogP contribution is -2.12. The third-order valence-electron chi connectivity index (χ3n) is 5.34. The third-order valence-corrected chi connectivity index (χ3v) is 5.34. The lowest BCUT2D eigenvalue weighted by Gasteiger charge is -2.10. The second-order valence-electron chi connectivity index (χ2n) is 8.34. The van der Waals surface area contributed by atoms with Crippen LogP contribution < -0.4 is 14.2 Å². The van der Waals surface area contributed by atoms with E-state index in [0.29, 0.717) is 23.5 Å². The Hall–Kier alpha value is -4.66. The average molecular weight is 520 g/mol. The van der Waals surface area contributed by atoms with E-state index < -0.39 is 16.9 Å². The molecule has 0 radical (unpaired) electrons. The molecule has 0 aliphatic heterocycles. The molecule has 0 heterocycles. The molecular weight excluding hydrogens is 490 g/mol. The monoisotopic (exact) mass is 519 g/mol. The predicted octanol–water partition coefficient (Wildman–Crippen LogP) is 6.16. The summed E-state index contributed by atoms with van der Waals surface area (Å²) in [6.45, 7) is 7.93. The van der Waals surface area contributed by atoms with Crippen molar-refractivity contribution in [1.29, 1.82) is 0 Å². The maximum absolute atomic E-state index is 12.6. The molecule has 0 saturated heterocycles. The molecule has 0 unspecified atom stereocenters. The molecule has 3 aromatic rings. The standard InChI is InChI=1S/C29H29NO8/c1-4-5-16-35-24-11-6-21(7-12-24)23-10-15-27(26(19-23)30(33)34)38-29(32)22-8-13-25(14-9-22)36-17-18-37-28(31)20(2)3/h6-15,19H,2,4-5,16-18H2,1,3H3. The van der Waals surface area contributed by atoms with Gasteiger partial charge in [-0.05, 0) is 66.9 Å². The molecule has 0 amide bonds. The fourth-order valence-corrected chi connectivity index (χ4v) is 3.27. The number of carbonyl (C=O) groups excluding carboxylic acids is 2. The molecule has 0 aromatic heterocycles. The highest BCUT2D eigenvalue weighted by molar-refractivity contribution is 5.92. The zero-order valence-corrected chi connectivity index (χ0v) is 21.3. The molecule has 9 nitrogen and oxygen atoms in total. The van der Waals surface area contributed by atoms with Gasteiger partial charge in [0.05, 0.1) is 17.1 Å². The van der Waals surface area contributed by atoms with Gasteiger partial charge in [-0.1, -0.05) is 38.1 Å². The highest BCUT2D eigenvalue weighted by Crippen LogP contribution is 2.33. The van der Waals surface area contributed by atoms with E-state index in [2.05, 4.69) is 13.5 Å². The summed E-state index contributed by atoms with van der Waals surface area (Å²) in [6.07, 6.45) is 2.00. The van der Waals surface area contributed by atoms with Crippen molar-refractivity contribution in [2.75, 3.05) is 19.8 Å². The Morgan fingerprint density at radius 2 is 1.47 bits per heavy atom. The van der Waals surface area contributed by atoms with E-state index in [-0.39, 0.29) is 30.2 Å². The molecule has 3 aromatic carbocycles.